The Labute approximate surface area is 115 Å². The molecule has 0 spiro atoms. The predicted octanol–water partition coefficient (Wildman–Crippen LogP) is 3.69. The summed E-state index contributed by atoms with van der Waals surface area (Å²) >= 11 is 3.48. The van der Waals surface area contributed by atoms with Crippen LogP contribution < -0.4 is 5.32 Å². The number of H-pyrrole nitrogens is 1. The zero-order valence-corrected chi connectivity index (χ0v) is 12.4. The molecule has 0 radical (unpaired) electrons. The second-order valence-electron chi connectivity index (χ2n) is 4.53. The van der Waals surface area contributed by atoms with Crippen molar-refractivity contribution >= 4 is 32.7 Å². The summed E-state index contributed by atoms with van der Waals surface area (Å²) in [5, 5.41) is 3.91. The highest BCUT2D eigenvalue weighted by Gasteiger charge is 2.16. The van der Waals surface area contributed by atoms with Crippen molar-refractivity contribution in [3.63, 3.8) is 0 Å². The van der Waals surface area contributed by atoms with Gasteiger partial charge in [0.05, 0.1) is 5.56 Å². The lowest BCUT2D eigenvalue weighted by Gasteiger charge is -2.04. The molecule has 0 bridgehead atoms. The highest BCUT2D eigenvalue weighted by atomic mass is 79.9. The van der Waals surface area contributed by atoms with Gasteiger partial charge in [-0.25, -0.2) is 0 Å². The maximum atomic E-state index is 12.2. The number of amides is 1. The Morgan fingerprint density at radius 3 is 2.78 bits per heavy atom. The van der Waals surface area contributed by atoms with Gasteiger partial charge in [-0.15, -0.1) is 0 Å². The number of benzene rings is 1. The van der Waals surface area contributed by atoms with Crippen LogP contribution in [0.3, 0.4) is 0 Å². The van der Waals surface area contributed by atoms with Crippen molar-refractivity contribution in [1.29, 1.82) is 0 Å². The molecule has 4 heteroatoms. The van der Waals surface area contributed by atoms with E-state index < -0.39 is 0 Å². The van der Waals surface area contributed by atoms with E-state index in [9.17, 15) is 4.79 Å². The Hall–Kier alpha value is -1.29. The summed E-state index contributed by atoms with van der Waals surface area (Å²) in [5.41, 5.74) is 3.84. The molecule has 2 N–H and O–H groups in total. The van der Waals surface area contributed by atoms with Gasteiger partial charge in [-0.05, 0) is 38.0 Å². The Morgan fingerprint density at radius 2 is 2.11 bits per heavy atom. The normalized spacial score (nSPS) is 10.9. The standard InChI is InChI=1S/C14H17BrN2O/c1-4-5-16-14(18)12-9(3)17-13-8(2)6-10(15)7-11(12)13/h6-7,17H,4-5H2,1-3H3,(H,16,18). The van der Waals surface area contributed by atoms with Crippen molar-refractivity contribution in [3.05, 3.63) is 33.4 Å². The van der Waals surface area contributed by atoms with Crippen LogP contribution in [-0.4, -0.2) is 17.4 Å². The second-order valence-corrected chi connectivity index (χ2v) is 5.44. The van der Waals surface area contributed by atoms with E-state index in [1.807, 2.05) is 32.9 Å². The van der Waals surface area contributed by atoms with Gasteiger partial charge in [0, 0.05) is 27.6 Å². The fourth-order valence-electron chi connectivity index (χ4n) is 2.18. The van der Waals surface area contributed by atoms with Crippen LogP contribution in [0.4, 0.5) is 0 Å². The molecular weight excluding hydrogens is 292 g/mol. The molecule has 0 saturated heterocycles. The maximum Gasteiger partial charge on any atom is 0.253 e. The van der Waals surface area contributed by atoms with Crippen molar-refractivity contribution in [2.45, 2.75) is 27.2 Å². The number of rotatable bonds is 3. The van der Waals surface area contributed by atoms with Gasteiger partial charge >= 0.3 is 0 Å². The minimum absolute atomic E-state index is 0.00176. The third-order valence-corrected chi connectivity index (χ3v) is 3.48. The molecule has 1 aromatic heterocycles. The summed E-state index contributed by atoms with van der Waals surface area (Å²) in [6.07, 6.45) is 0.940. The van der Waals surface area contributed by atoms with Crippen LogP contribution in [0, 0.1) is 13.8 Å². The lowest BCUT2D eigenvalue weighted by atomic mass is 10.1. The van der Waals surface area contributed by atoms with Crippen LogP contribution in [0.25, 0.3) is 10.9 Å². The fraction of sp³-hybridized carbons (Fsp3) is 0.357. The number of carbonyl (C=O) groups excluding carboxylic acids is 1. The van der Waals surface area contributed by atoms with Gasteiger partial charge in [-0.3, -0.25) is 4.79 Å². The van der Waals surface area contributed by atoms with Gasteiger partial charge < -0.3 is 10.3 Å². The molecule has 96 valence electrons. The highest BCUT2D eigenvalue weighted by molar-refractivity contribution is 9.10. The Morgan fingerprint density at radius 1 is 1.39 bits per heavy atom. The number of aromatic amines is 1. The number of halogens is 1. The van der Waals surface area contributed by atoms with Crippen LogP contribution in [0.15, 0.2) is 16.6 Å². The Kier molecular flexibility index (Phi) is 3.76. The van der Waals surface area contributed by atoms with Gasteiger partial charge in [0.25, 0.3) is 5.91 Å². The van der Waals surface area contributed by atoms with Crippen molar-refractivity contribution in [2.75, 3.05) is 6.54 Å². The molecule has 0 fully saturated rings. The van der Waals surface area contributed by atoms with E-state index in [0.717, 1.165) is 38.6 Å². The van der Waals surface area contributed by atoms with E-state index in [0.29, 0.717) is 6.54 Å². The second kappa shape index (κ2) is 5.14. The van der Waals surface area contributed by atoms with Gasteiger partial charge in [-0.2, -0.15) is 0 Å². The minimum atomic E-state index is -0.00176. The first-order valence-electron chi connectivity index (χ1n) is 6.11. The third-order valence-electron chi connectivity index (χ3n) is 3.02. The summed E-state index contributed by atoms with van der Waals surface area (Å²) in [6, 6.07) is 4.04. The molecule has 0 aliphatic rings. The van der Waals surface area contributed by atoms with Crippen molar-refractivity contribution in [2.24, 2.45) is 0 Å². The Bertz CT molecular complexity index is 601. The molecular formula is C14H17BrN2O. The molecule has 2 rings (SSSR count). The van der Waals surface area contributed by atoms with Gasteiger partial charge in [0.15, 0.2) is 0 Å². The van der Waals surface area contributed by atoms with E-state index in [1.54, 1.807) is 0 Å². The van der Waals surface area contributed by atoms with E-state index in [1.165, 1.54) is 0 Å². The van der Waals surface area contributed by atoms with E-state index in [4.69, 9.17) is 0 Å². The average Bonchev–Trinajstić information content (AvgIpc) is 2.63. The lowest BCUT2D eigenvalue weighted by Crippen LogP contribution is -2.24. The fourth-order valence-corrected chi connectivity index (χ4v) is 2.75. The minimum Gasteiger partial charge on any atom is -0.358 e. The number of hydrogen-bond acceptors (Lipinski definition) is 1. The number of nitrogens with one attached hydrogen (secondary N) is 2. The predicted molar refractivity (Wildman–Crippen MR) is 78.1 cm³/mol. The van der Waals surface area contributed by atoms with Crippen LogP contribution >= 0.6 is 15.9 Å². The summed E-state index contributed by atoms with van der Waals surface area (Å²) in [5.74, 6) is -0.00176. The molecule has 1 heterocycles. The largest absolute Gasteiger partial charge is 0.358 e. The summed E-state index contributed by atoms with van der Waals surface area (Å²) < 4.78 is 0.996. The number of aromatic nitrogens is 1. The molecule has 0 aliphatic heterocycles. The van der Waals surface area contributed by atoms with Crippen LogP contribution in [-0.2, 0) is 0 Å². The van der Waals surface area contributed by atoms with E-state index >= 15 is 0 Å². The van der Waals surface area contributed by atoms with Gasteiger partial charge in [0.2, 0.25) is 0 Å². The smallest absolute Gasteiger partial charge is 0.253 e. The van der Waals surface area contributed by atoms with Crippen molar-refractivity contribution in [1.82, 2.24) is 10.3 Å². The molecule has 1 amide bonds. The van der Waals surface area contributed by atoms with Crippen molar-refractivity contribution < 1.29 is 4.79 Å². The quantitative estimate of drug-likeness (QED) is 0.892. The summed E-state index contributed by atoms with van der Waals surface area (Å²) in [6.45, 7) is 6.73. The molecule has 0 saturated carbocycles. The first-order valence-corrected chi connectivity index (χ1v) is 6.90. The molecule has 0 aliphatic carbocycles. The third kappa shape index (κ3) is 2.29. The SMILES string of the molecule is CCCNC(=O)c1c(C)[nH]c2c(C)cc(Br)cc12. The van der Waals surface area contributed by atoms with Crippen LogP contribution in [0.5, 0.6) is 0 Å². The van der Waals surface area contributed by atoms with Crippen LogP contribution in [0.2, 0.25) is 0 Å². The van der Waals surface area contributed by atoms with E-state index in [-0.39, 0.29) is 5.91 Å². The van der Waals surface area contributed by atoms with Gasteiger partial charge in [-0.1, -0.05) is 22.9 Å². The highest BCUT2D eigenvalue weighted by Crippen LogP contribution is 2.28. The molecule has 0 unspecified atom stereocenters. The van der Waals surface area contributed by atoms with Crippen molar-refractivity contribution in [3.8, 4) is 0 Å². The molecule has 1 aromatic carbocycles. The summed E-state index contributed by atoms with van der Waals surface area (Å²) in [4.78, 5) is 15.5. The topological polar surface area (TPSA) is 44.9 Å². The number of fused-ring (bicyclic) bond motifs is 1. The molecule has 18 heavy (non-hydrogen) atoms. The lowest BCUT2D eigenvalue weighted by molar-refractivity contribution is 0.0955. The maximum absolute atomic E-state index is 12.2. The zero-order chi connectivity index (χ0) is 13.3. The first kappa shape index (κ1) is 13.1. The monoisotopic (exact) mass is 308 g/mol. The average molecular weight is 309 g/mol. The Balaban J connectivity index is 2.56. The molecule has 3 nitrogen and oxygen atoms in total. The van der Waals surface area contributed by atoms with Crippen LogP contribution in [0.1, 0.15) is 35.0 Å². The number of hydrogen-bond donors (Lipinski definition) is 2. The zero-order valence-electron chi connectivity index (χ0n) is 10.9. The number of carbonyl (C=O) groups is 1. The molecule has 2 aromatic rings. The van der Waals surface area contributed by atoms with E-state index in [2.05, 4.69) is 26.2 Å². The summed E-state index contributed by atoms with van der Waals surface area (Å²) in [7, 11) is 0. The first-order chi connectivity index (χ1) is 8.54. The van der Waals surface area contributed by atoms with Gasteiger partial charge in [0.1, 0.15) is 0 Å². The number of aryl methyl sites for hydroxylation is 2. The molecule has 0 atom stereocenters.